The minimum Gasteiger partial charge on any atom is -0.311 e. The van der Waals surface area contributed by atoms with E-state index in [4.69, 9.17) is 0 Å². The Balaban J connectivity index is 1.71. The lowest BCUT2D eigenvalue weighted by Gasteiger charge is -2.37. The summed E-state index contributed by atoms with van der Waals surface area (Å²) in [6, 6.07) is 1.72. The molecule has 76 valence electrons. The van der Waals surface area contributed by atoms with E-state index in [1.807, 2.05) is 0 Å². The summed E-state index contributed by atoms with van der Waals surface area (Å²) in [7, 11) is 0. The second-order valence-electron chi connectivity index (χ2n) is 5.11. The first-order valence-electron chi connectivity index (χ1n) is 6.05. The molecule has 1 nitrogen and oxygen atoms in total. The van der Waals surface area contributed by atoms with Crippen LogP contribution in [0.15, 0.2) is 0 Å². The Kier molecular flexibility index (Phi) is 2.92. The smallest absolute Gasteiger partial charge is 0.00954 e. The van der Waals surface area contributed by atoms with Crippen molar-refractivity contribution in [3.8, 4) is 0 Å². The SMILES string of the molecule is CCC1CCC(NC2CCC2C)C1. The lowest BCUT2D eigenvalue weighted by atomic mass is 9.80. The van der Waals surface area contributed by atoms with Crippen molar-refractivity contribution in [3.63, 3.8) is 0 Å². The first kappa shape index (κ1) is 9.51. The molecule has 0 spiro atoms. The van der Waals surface area contributed by atoms with Crippen LogP contribution in [0, 0.1) is 11.8 Å². The molecule has 2 rings (SSSR count). The normalized spacial score (nSPS) is 44.8. The van der Waals surface area contributed by atoms with Gasteiger partial charge in [-0.25, -0.2) is 0 Å². The largest absolute Gasteiger partial charge is 0.311 e. The number of nitrogens with one attached hydrogen (secondary N) is 1. The summed E-state index contributed by atoms with van der Waals surface area (Å²) >= 11 is 0. The van der Waals surface area contributed by atoms with E-state index in [0.717, 1.165) is 23.9 Å². The van der Waals surface area contributed by atoms with Crippen LogP contribution in [-0.2, 0) is 0 Å². The molecule has 2 fully saturated rings. The van der Waals surface area contributed by atoms with Gasteiger partial charge in [-0.15, -0.1) is 0 Å². The topological polar surface area (TPSA) is 12.0 Å². The fourth-order valence-electron chi connectivity index (χ4n) is 2.81. The molecular formula is C12H23N. The summed E-state index contributed by atoms with van der Waals surface area (Å²) in [4.78, 5) is 0. The third kappa shape index (κ3) is 2.07. The standard InChI is InChI=1S/C12H23N/c1-3-10-5-6-11(8-10)13-12-7-4-9(12)2/h9-13H,3-8H2,1-2H3. The van der Waals surface area contributed by atoms with Crippen LogP contribution < -0.4 is 5.32 Å². The summed E-state index contributed by atoms with van der Waals surface area (Å²) < 4.78 is 0. The van der Waals surface area contributed by atoms with E-state index < -0.39 is 0 Å². The van der Waals surface area contributed by atoms with E-state index in [0.29, 0.717) is 0 Å². The molecule has 1 heteroatoms. The van der Waals surface area contributed by atoms with Gasteiger partial charge >= 0.3 is 0 Å². The van der Waals surface area contributed by atoms with E-state index in [-0.39, 0.29) is 0 Å². The third-order valence-electron chi connectivity index (χ3n) is 4.19. The molecule has 4 atom stereocenters. The molecular weight excluding hydrogens is 158 g/mol. The van der Waals surface area contributed by atoms with E-state index in [1.54, 1.807) is 0 Å². The van der Waals surface area contributed by atoms with Gasteiger partial charge in [0.05, 0.1) is 0 Å². The fraction of sp³-hybridized carbons (Fsp3) is 1.00. The van der Waals surface area contributed by atoms with E-state index in [9.17, 15) is 0 Å². The lowest BCUT2D eigenvalue weighted by molar-refractivity contribution is 0.208. The van der Waals surface area contributed by atoms with Crippen LogP contribution in [0.3, 0.4) is 0 Å². The maximum atomic E-state index is 3.83. The molecule has 2 aliphatic carbocycles. The van der Waals surface area contributed by atoms with Crippen LogP contribution in [-0.4, -0.2) is 12.1 Å². The highest BCUT2D eigenvalue weighted by molar-refractivity contribution is 4.89. The van der Waals surface area contributed by atoms with Crippen LogP contribution in [0.4, 0.5) is 0 Å². The number of hydrogen-bond donors (Lipinski definition) is 1. The number of rotatable bonds is 3. The van der Waals surface area contributed by atoms with Crippen molar-refractivity contribution in [3.05, 3.63) is 0 Å². The van der Waals surface area contributed by atoms with E-state index in [1.165, 1.54) is 38.5 Å². The maximum absolute atomic E-state index is 3.83. The van der Waals surface area contributed by atoms with E-state index in [2.05, 4.69) is 19.2 Å². The zero-order valence-corrected chi connectivity index (χ0v) is 9.05. The summed E-state index contributed by atoms with van der Waals surface area (Å²) in [6.07, 6.45) is 8.60. The van der Waals surface area contributed by atoms with Crippen molar-refractivity contribution < 1.29 is 0 Å². The molecule has 0 aromatic carbocycles. The lowest BCUT2D eigenvalue weighted by Crippen LogP contribution is -2.46. The summed E-state index contributed by atoms with van der Waals surface area (Å²) in [5.41, 5.74) is 0. The number of hydrogen-bond acceptors (Lipinski definition) is 1. The minimum absolute atomic E-state index is 0.859. The summed E-state index contributed by atoms with van der Waals surface area (Å²) in [6.45, 7) is 4.71. The van der Waals surface area contributed by atoms with Crippen molar-refractivity contribution in [1.29, 1.82) is 0 Å². The molecule has 0 saturated heterocycles. The Morgan fingerprint density at radius 1 is 1.15 bits per heavy atom. The Bertz CT molecular complexity index is 167. The van der Waals surface area contributed by atoms with Crippen LogP contribution in [0.25, 0.3) is 0 Å². The van der Waals surface area contributed by atoms with Crippen molar-refractivity contribution in [1.82, 2.24) is 5.32 Å². The van der Waals surface area contributed by atoms with Crippen LogP contribution in [0.5, 0.6) is 0 Å². The first-order chi connectivity index (χ1) is 6.29. The second kappa shape index (κ2) is 4.00. The van der Waals surface area contributed by atoms with Gasteiger partial charge in [0.15, 0.2) is 0 Å². The molecule has 0 aromatic rings. The molecule has 0 aromatic heterocycles. The van der Waals surface area contributed by atoms with Gasteiger partial charge in [0.1, 0.15) is 0 Å². The zero-order valence-electron chi connectivity index (χ0n) is 9.05. The van der Waals surface area contributed by atoms with Crippen molar-refractivity contribution >= 4 is 0 Å². The molecule has 0 bridgehead atoms. The van der Waals surface area contributed by atoms with Crippen LogP contribution in [0.2, 0.25) is 0 Å². The van der Waals surface area contributed by atoms with Crippen LogP contribution in [0.1, 0.15) is 52.4 Å². The Hall–Kier alpha value is -0.0400. The maximum Gasteiger partial charge on any atom is 0.00954 e. The molecule has 0 heterocycles. The first-order valence-corrected chi connectivity index (χ1v) is 6.05. The Morgan fingerprint density at radius 3 is 2.46 bits per heavy atom. The van der Waals surface area contributed by atoms with Gasteiger partial charge in [-0.2, -0.15) is 0 Å². The average molecular weight is 181 g/mol. The predicted molar refractivity (Wildman–Crippen MR) is 56.7 cm³/mol. The third-order valence-corrected chi connectivity index (χ3v) is 4.19. The average Bonchev–Trinajstić information content (AvgIpc) is 2.59. The van der Waals surface area contributed by atoms with Gasteiger partial charge in [-0.3, -0.25) is 0 Å². The van der Waals surface area contributed by atoms with Gasteiger partial charge in [0.25, 0.3) is 0 Å². The molecule has 0 amide bonds. The van der Waals surface area contributed by atoms with Gasteiger partial charge in [-0.05, 0) is 43.9 Å². The van der Waals surface area contributed by atoms with Gasteiger partial charge in [0.2, 0.25) is 0 Å². The molecule has 13 heavy (non-hydrogen) atoms. The molecule has 4 unspecified atom stereocenters. The Morgan fingerprint density at radius 2 is 2.00 bits per heavy atom. The quantitative estimate of drug-likeness (QED) is 0.706. The molecule has 1 N–H and O–H groups in total. The molecule has 0 aliphatic heterocycles. The molecule has 0 radical (unpaired) electrons. The van der Waals surface area contributed by atoms with E-state index >= 15 is 0 Å². The highest BCUT2D eigenvalue weighted by Gasteiger charge is 2.31. The Labute approximate surface area is 82.3 Å². The highest BCUT2D eigenvalue weighted by atomic mass is 15.0. The fourth-order valence-corrected chi connectivity index (χ4v) is 2.81. The van der Waals surface area contributed by atoms with Crippen molar-refractivity contribution in [2.75, 3.05) is 0 Å². The zero-order chi connectivity index (χ0) is 9.26. The van der Waals surface area contributed by atoms with Crippen LogP contribution >= 0.6 is 0 Å². The minimum atomic E-state index is 0.859. The highest BCUT2D eigenvalue weighted by Crippen LogP contribution is 2.32. The molecule has 2 saturated carbocycles. The monoisotopic (exact) mass is 181 g/mol. The van der Waals surface area contributed by atoms with Gasteiger partial charge in [0, 0.05) is 12.1 Å². The van der Waals surface area contributed by atoms with Crippen molar-refractivity contribution in [2.45, 2.75) is 64.5 Å². The summed E-state index contributed by atoms with van der Waals surface area (Å²) in [5.74, 6) is 1.97. The van der Waals surface area contributed by atoms with Gasteiger partial charge in [-0.1, -0.05) is 20.3 Å². The molecule has 2 aliphatic rings. The summed E-state index contributed by atoms with van der Waals surface area (Å²) in [5, 5.41) is 3.83. The second-order valence-corrected chi connectivity index (χ2v) is 5.11. The predicted octanol–water partition coefficient (Wildman–Crippen LogP) is 2.95. The van der Waals surface area contributed by atoms with Crippen molar-refractivity contribution in [2.24, 2.45) is 11.8 Å². The van der Waals surface area contributed by atoms with Gasteiger partial charge < -0.3 is 5.32 Å².